The van der Waals surface area contributed by atoms with E-state index < -0.39 is 22.2 Å². The third-order valence-corrected chi connectivity index (χ3v) is 2.82. The molecule has 1 rings (SSSR count). The van der Waals surface area contributed by atoms with Crippen molar-refractivity contribution in [1.29, 1.82) is 0 Å². The Balaban J connectivity index is 3.94. The van der Waals surface area contributed by atoms with Crippen LogP contribution in [0, 0.1) is 24.0 Å². The number of phenolic OH excluding ortho intramolecular Hbond substituents is 1. The maximum Gasteiger partial charge on any atom is 0.276 e. The highest BCUT2D eigenvalue weighted by Gasteiger charge is 2.29. The summed E-state index contributed by atoms with van der Waals surface area (Å²) in [6.07, 6.45) is 0. The van der Waals surface area contributed by atoms with Crippen molar-refractivity contribution in [3.8, 4) is 5.75 Å². The molecule has 0 saturated carbocycles. The molecule has 96 valence electrons. The molecule has 1 aromatic carbocycles. The molecule has 0 spiro atoms. The molecule has 0 aliphatic carbocycles. The second kappa shape index (κ2) is 4.56. The van der Waals surface area contributed by atoms with Crippen LogP contribution in [0.1, 0.15) is 45.7 Å². The lowest BCUT2D eigenvalue weighted by atomic mass is 9.92. The summed E-state index contributed by atoms with van der Waals surface area (Å²) < 4.78 is 0. The van der Waals surface area contributed by atoms with Gasteiger partial charge in [0.25, 0.3) is 5.69 Å². The fourth-order valence-corrected chi connectivity index (χ4v) is 2.13. The first-order valence-electron chi connectivity index (χ1n) is 5.22. The summed E-state index contributed by atoms with van der Waals surface area (Å²) in [4.78, 5) is 33.3. The molecule has 0 atom stereocenters. The Morgan fingerprint density at radius 3 is 1.61 bits per heavy atom. The van der Waals surface area contributed by atoms with Crippen LogP contribution in [0.5, 0.6) is 5.75 Å². The molecular formula is C12H13NO5. The zero-order valence-corrected chi connectivity index (χ0v) is 10.5. The lowest BCUT2D eigenvalue weighted by Gasteiger charge is -2.13. The van der Waals surface area contributed by atoms with Crippen molar-refractivity contribution >= 4 is 17.3 Å². The monoisotopic (exact) mass is 251 g/mol. The average molecular weight is 251 g/mol. The predicted octanol–water partition coefficient (Wildman–Crippen LogP) is 2.32. The molecule has 6 heteroatoms. The number of hydrogen-bond donors (Lipinski definition) is 1. The SMILES string of the molecule is CC(=O)c1c(C)c([N+](=O)[O-])c(C)c(C(C)=O)c1O. The average Bonchev–Trinajstić information content (AvgIpc) is 2.14. The molecule has 0 amide bonds. The largest absolute Gasteiger partial charge is 0.506 e. The first-order chi connectivity index (χ1) is 8.20. The molecule has 18 heavy (non-hydrogen) atoms. The summed E-state index contributed by atoms with van der Waals surface area (Å²) >= 11 is 0. The molecule has 6 nitrogen and oxygen atoms in total. The lowest BCUT2D eigenvalue weighted by molar-refractivity contribution is -0.386. The maximum absolute atomic E-state index is 11.5. The molecule has 1 N–H and O–H groups in total. The van der Waals surface area contributed by atoms with Gasteiger partial charge < -0.3 is 5.11 Å². The van der Waals surface area contributed by atoms with Gasteiger partial charge in [-0.05, 0) is 27.7 Å². The fourth-order valence-electron chi connectivity index (χ4n) is 2.13. The van der Waals surface area contributed by atoms with Crippen LogP contribution in [-0.2, 0) is 0 Å². The van der Waals surface area contributed by atoms with Gasteiger partial charge in [0.15, 0.2) is 11.6 Å². The number of hydrogen-bond acceptors (Lipinski definition) is 5. The summed E-state index contributed by atoms with van der Waals surface area (Å²) in [6.45, 7) is 5.13. The smallest absolute Gasteiger partial charge is 0.276 e. The lowest BCUT2D eigenvalue weighted by Crippen LogP contribution is -2.09. The molecule has 0 aliphatic rings. The number of nitrogens with zero attached hydrogens (tertiary/aromatic N) is 1. The second-order valence-electron chi connectivity index (χ2n) is 4.07. The highest BCUT2D eigenvalue weighted by atomic mass is 16.6. The van der Waals surface area contributed by atoms with E-state index in [-0.39, 0.29) is 27.9 Å². The van der Waals surface area contributed by atoms with Crippen molar-refractivity contribution in [2.75, 3.05) is 0 Å². The van der Waals surface area contributed by atoms with Crippen molar-refractivity contribution in [1.82, 2.24) is 0 Å². The van der Waals surface area contributed by atoms with Crippen LogP contribution in [0.15, 0.2) is 0 Å². The van der Waals surface area contributed by atoms with E-state index >= 15 is 0 Å². The predicted molar refractivity (Wildman–Crippen MR) is 64.2 cm³/mol. The number of benzene rings is 1. The van der Waals surface area contributed by atoms with Crippen LogP contribution in [0.2, 0.25) is 0 Å². The minimum Gasteiger partial charge on any atom is -0.506 e. The van der Waals surface area contributed by atoms with Gasteiger partial charge in [-0.15, -0.1) is 0 Å². The third kappa shape index (κ3) is 1.97. The molecule has 0 bridgehead atoms. The van der Waals surface area contributed by atoms with E-state index in [0.717, 1.165) is 0 Å². The first-order valence-corrected chi connectivity index (χ1v) is 5.22. The van der Waals surface area contributed by atoms with Crippen molar-refractivity contribution in [3.63, 3.8) is 0 Å². The molecule has 0 heterocycles. The van der Waals surface area contributed by atoms with Crippen LogP contribution >= 0.6 is 0 Å². The van der Waals surface area contributed by atoms with Gasteiger partial charge in [0, 0.05) is 11.1 Å². The Bertz CT molecular complexity index is 472. The minimum absolute atomic E-state index is 0.0764. The van der Waals surface area contributed by atoms with E-state index in [9.17, 15) is 24.8 Å². The minimum atomic E-state index is -0.650. The number of nitro benzene ring substituents is 1. The molecule has 1 aromatic rings. The zero-order chi connectivity index (χ0) is 14.2. The van der Waals surface area contributed by atoms with Crippen molar-refractivity contribution in [3.05, 3.63) is 32.4 Å². The summed E-state index contributed by atoms with van der Waals surface area (Å²) in [7, 11) is 0. The summed E-state index contributed by atoms with van der Waals surface area (Å²) in [5.41, 5.74) is -0.488. The highest BCUT2D eigenvalue weighted by Crippen LogP contribution is 2.37. The number of rotatable bonds is 3. The second-order valence-corrected chi connectivity index (χ2v) is 4.07. The number of carbonyl (C=O) groups is 2. The van der Waals surface area contributed by atoms with Gasteiger partial charge >= 0.3 is 0 Å². The van der Waals surface area contributed by atoms with E-state index in [2.05, 4.69) is 0 Å². The van der Waals surface area contributed by atoms with Gasteiger partial charge in [-0.2, -0.15) is 0 Å². The van der Waals surface area contributed by atoms with E-state index in [0.29, 0.717) is 0 Å². The van der Waals surface area contributed by atoms with Crippen LogP contribution in [0.25, 0.3) is 0 Å². The number of aromatic hydroxyl groups is 1. The summed E-state index contributed by atoms with van der Waals surface area (Å²) in [5, 5.41) is 20.9. The molecule has 0 aliphatic heterocycles. The van der Waals surface area contributed by atoms with Gasteiger partial charge in [0.1, 0.15) is 5.75 Å². The maximum atomic E-state index is 11.5. The zero-order valence-electron chi connectivity index (χ0n) is 10.5. The fraction of sp³-hybridized carbons (Fsp3) is 0.333. The number of carbonyl (C=O) groups excluding carboxylic acids is 2. The number of phenols is 1. The molecule has 0 fully saturated rings. The topological polar surface area (TPSA) is 97.5 Å². The van der Waals surface area contributed by atoms with Crippen molar-refractivity contribution in [2.24, 2.45) is 0 Å². The van der Waals surface area contributed by atoms with E-state index in [1.54, 1.807) is 0 Å². The molecule has 0 unspecified atom stereocenters. The highest BCUT2D eigenvalue weighted by molar-refractivity contribution is 6.07. The van der Waals surface area contributed by atoms with Gasteiger partial charge in [-0.25, -0.2) is 0 Å². The Morgan fingerprint density at radius 2 is 1.39 bits per heavy atom. The van der Waals surface area contributed by atoms with Crippen LogP contribution < -0.4 is 0 Å². The van der Waals surface area contributed by atoms with Crippen molar-refractivity contribution in [2.45, 2.75) is 27.7 Å². The van der Waals surface area contributed by atoms with E-state index in [1.165, 1.54) is 27.7 Å². The summed E-state index contributed by atoms with van der Waals surface area (Å²) in [5.74, 6) is -1.51. The van der Waals surface area contributed by atoms with Crippen molar-refractivity contribution < 1.29 is 19.6 Å². The number of Topliss-reactive ketones (excluding diaryl/α,β-unsaturated/α-hetero) is 2. The van der Waals surface area contributed by atoms with E-state index in [1.807, 2.05) is 0 Å². The Kier molecular flexibility index (Phi) is 3.50. The molecule has 0 saturated heterocycles. The third-order valence-electron chi connectivity index (χ3n) is 2.82. The Hall–Kier alpha value is -2.24. The quantitative estimate of drug-likeness (QED) is 0.505. The van der Waals surface area contributed by atoms with Gasteiger partial charge in [0.05, 0.1) is 16.1 Å². The van der Waals surface area contributed by atoms with Gasteiger partial charge in [0.2, 0.25) is 0 Å². The normalized spacial score (nSPS) is 10.2. The van der Waals surface area contributed by atoms with Gasteiger partial charge in [-0.1, -0.05) is 0 Å². The molecule has 0 radical (unpaired) electrons. The molecular weight excluding hydrogens is 238 g/mol. The Morgan fingerprint density at radius 1 is 1.06 bits per heavy atom. The standard InChI is InChI=1S/C12H13NO5/c1-5-9(7(3)14)12(16)10(8(4)15)6(2)11(5)13(17)18/h16H,1-4H3. The first kappa shape index (κ1) is 13.8. The molecule has 0 aromatic heterocycles. The number of ketones is 2. The van der Waals surface area contributed by atoms with E-state index in [4.69, 9.17) is 0 Å². The van der Waals surface area contributed by atoms with Crippen LogP contribution in [-0.4, -0.2) is 21.6 Å². The van der Waals surface area contributed by atoms with Crippen LogP contribution in [0.3, 0.4) is 0 Å². The van der Waals surface area contributed by atoms with Gasteiger partial charge in [-0.3, -0.25) is 19.7 Å². The summed E-state index contributed by atoms with van der Waals surface area (Å²) in [6, 6.07) is 0. The van der Waals surface area contributed by atoms with Crippen LogP contribution in [0.4, 0.5) is 5.69 Å². The Labute approximate surface area is 103 Å². The number of nitro groups is 1.